The van der Waals surface area contributed by atoms with Crippen LogP contribution in [-0.2, 0) is 10.3 Å². The van der Waals surface area contributed by atoms with Gasteiger partial charge in [0.05, 0.1) is 11.0 Å². The molecule has 0 aliphatic heterocycles. The second kappa shape index (κ2) is 5.65. The summed E-state index contributed by atoms with van der Waals surface area (Å²) in [6.07, 6.45) is 9.93. The summed E-state index contributed by atoms with van der Waals surface area (Å²) in [7, 11) is 0. The van der Waals surface area contributed by atoms with E-state index in [1.165, 1.54) is 6.42 Å². The maximum absolute atomic E-state index is 13.4. The van der Waals surface area contributed by atoms with Crippen LogP contribution in [0.25, 0.3) is 0 Å². The lowest BCUT2D eigenvalue weighted by Gasteiger charge is -2.60. The predicted octanol–water partition coefficient (Wildman–Crippen LogP) is 4.28. The van der Waals surface area contributed by atoms with E-state index in [4.69, 9.17) is 0 Å². The molecule has 4 aliphatic carbocycles. The third-order valence-corrected chi connectivity index (χ3v) is 7.35. The number of nitrogens with zero attached hydrogens (tertiary/aromatic N) is 3. The van der Waals surface area contributed by atoms with Crippen molar-refractivity contribution in [2.45, 2.75) is 51.0 Å². The number of amides is 1. The van der Waals surface area contributed by atoms with Crippen molar-refractivity contribution in [2.24, 2.45) is 17.3 Å². The van der Waals surface area contributed by atoms with Crippen molar-refractivity contribution in [1.29, 1.82) is 0 Å². The fourth-order valence-corrected chi connectivity index (χ4v) is 6.70. The monoisotopic (exact) mass is 414 g/mol. The molecule has 2 atom stereocenters. The molecule has 4 aliphatic rings. The molecule has 2 aromatic rings. The van der Waals surface area contributed by atoms with Crippen LogP contribution in [0, 0.1) is 24.2 Å². The highest BCUT2D eigenvalue weighted by Gasteiger charge is 2.61. The number of carbonyl (C=O) groups is 1. The molecule has 1 heterocycles. The van der Waals surface area contributed by atoms with Crippen LogP contribution in [0.3, 0.4) is 0 Å². The van der Waals surface area contributed by atoms with E-state index in [-0.39, 0.29) is 16.9 Å². The molecular formula is C20H23BrN4O. The van der Waals surface area contributed by atoms with E-state index < -0.39 is 0 Å². The molecule has 136 valence electrons. The number of aryl methyl sites for hydroxylation is 1. The van der Waals surface area contributed by atoms with E-state index in [1.807, 2.05) is 31.5 Å². The highest BCUT2D eigenvalue weighted by Crippen LogP contribution is 2.64. The molecular weight excluding hydrogens is 392 g/mol. The van der Waals surface area contributed by atoms with E-state index in [9.17, 15) is 4.79 Å². The van der Waals surface area contributed by atoms with E-state index in [2.05, 4.69) is 36.0 Å². The first-order chi connectivity index (χ1) is 12.5. The number of hydrogen-bond donors (Lipinski definition) is 1. The highest BCUT2D eigenvalue weighted by atomic mass is 79.9. The van der Waals surface area contributed by atoms with Crippen LogP contribution in [0.4, 0.5) is 5.69 Å². The zero-order valence-corrected chi connectivity index (χ0v) is 16.5. The Bertz CT molecular complexity index is 849. The van der Waals surface area contributed by atoms with Crippen LogP contribution in [0.2, 0.25) is 0 Å². The Hall–Kier alpha value is -1.69. The molecule has 6 heteroatoms. The van der Waals surface area contributed by atoms with Gasteiger partial charge in [-0.25, -0.2) is 9.67 Å². The Labute approximate surface area is 161 Å². The van der Waals surface area contributed by atoms with Gasteiger partial charge in [-0.3, -0.25) is 4.79 Å². The fraction of sp³-hybridized carbons (Fsp3) is 0.550. The van der Waals surface area contributed by atoms with E-state index in [1.54, 1.807) is 6.33 Å². The van der Waals surface area contributed by atoms with Gasteiger partial charge in [-0.15, -0.1) is 0 Å². The number of halogens is 1. The van der Waals surface area contributed by atoms with Gasteiger partial charge in [-0.05, 0) is 81.0 Å². The van der Waals surface area contributed by atoms with Crippen LogP contribution < -0.4 is 5.32 Å². The molecule has 4 bridgehead atoms. The lowest BCUT2D eigenvalue weighted by atomic mass is 9.46. The molecule has 1 aromatic carbocycles. The number of aromatic nitrogens is 3. The minimum Gasteiger partial charge on any atom is -0.325 e. The summed E-state index contributed by atoms with van der Waals surface area (Å²) in [5.41, 5.74) is 1.72. The highest BCUT2D eigenvalue weighted by molar-refractivity contribution is 9.10. The number of anilines is 1. The van der Waals surface area contributed by atoms with Crippen LogP contribution in [0.5, 0.6) is 0 Å². The van der Waals surface area contributed by atoms with Crippen LogP contribution in [0.1, 0.15) is 44.1 Å². The smallest absolute Gasteiger partial charge is 0.230 e. The first-order valence-corrected chi connectivity index (χ1v) is 10.2. The third-order valence-electron chi connectivity index (χ3n) is 6.85. The molecule has 26 heavy (non-hydrogen) atoms. The maximum Gasteiger partial charge on any atom is 0.230 e. The van der Waals surface area contributed by atoms with Gasteiger partial charge in [0.15, 0.2) is 0 Å². The summed E-state index contributed by atoms with van der Waals surface area (Å²) < 4.78 is 3.09. The first kappa shape index (κ1) is 16.5. The maximum atomic E-state index is 13.4. The van der Waals surface area contributed by atoms with Crippen molar-refractivity contribution in [3.63, 3.8) is 0 Å². The van der Waals surface area contributed by atoms with Crippen molar-refractivity contribution in [3.8, 4) is 0 Å². The molecule has 4 fully saturated rings. The summed E-state index contributed by atoms with van der Waals surface area (Å²) in [6, 6.07) is 6.02. The Morgan fingerprint density at radius 3 is 2.69 bits per heavy atom. The summed E-state index contributed by atoms with van der Waals surface area (Å²) in [4.78, 5) is 17.6. The largest absolute Gasteiger partial charge is 0.325 e. The number of benzene rings is 1. The minimum atomic E-state index is -0.268. The number of nitrogens with one attached hydrogen (secondary N) is 1. The zero-order chi connectivity index (χ0) is 17.9. The van der Waals surface area contributed by atoms with Crippen LogP contribution in [0.15, 0.2) is 35.3 Å². The molecule has 1 N–H and O–H groups in total. The van der Waals surface area contributed by atoms with Crippen molar-refractivity contribution in [1.82, 2.24) is 14.8 Å². The number of hydrogen-bond acceptors (Lipinski definition) is 3. The molecule has 0 unspecified atom stereocenters. The summed E-state index contributed by atoms with van der Waals surface area (Å²) in [5.74, 6) is 1.44. The average Bonchev–Trinajstić information content (AvgIpc) is 3.11. The lowest BCUT2D eigenvalue weighted by Crippen LogP contribution is -2.60. The Balaban J connectivity index is 1.47. The molecule has 1 aromatic heterocycles. The minimum absolute atomic E-state index is 0.0211. The van der Waals surface area contributed by atoms with Crippen molar-refractivity contribution in [3.05, 3.63) is 40.9 Å². The second-order valence-electron chi connectivity index (χ2n) is 8.72. The van der Waals surface area contributed by atoms with E-state index in [0.29, 0.717) is 11.8 Å². The van der Waals surface area contributed by atoms with Crippen molar-refractivity contribution in [2.75, 3.05) is 5.32 Å². The SMILES string of the molecule is Cc1cc(Br)ccc1NC(=O)C12C[C@@H]3C[C@@H](C1)CC(n1cncn1)(C3)C2. The van der Waals surface area contributed by atoms with Gasteiger partial charge in [0.2, 0.25) is 5.91 Å². The van der Waals surface area contributed by atoms with E-state index in [0.717, 1.165) is 47.8 Å². The molecule has 4 saturated carbocycles. The molecule has 0 radical (unpaired) electrons. The summed E-state index contributed by atoms with van der Waals surface area (Å²) >= 11 is 3.49. The van der Waals surface area contributed by atoms with Gasteiger partial charge < -0.3 is 5.32 Å². The Kier molecular flexibility index (Phi) is 3.58. The standard InChI is InChI=1S/C20H23BrN4O/c1-13-4-16(21)2-3-17(13)24-18(26)19-6-14-5-15(7-19)9-20(8-14,10-19)25-12-22-11-23-25/h2-4,11-12,14-15H,5-10H2,1H3,(H,24,26)/t14-,15-,19?,20?/m0/s1. The van der Waals surface area contributed by atoms with Crippen LogP contribution >= 0.6 is 15.9 Å². The van der Waals surface area contributed by atoms with Gasteiger partial charge in [-0.2, -0.15) is 5.10 Å². The normalized spacial score (nSPS) is 34.8. The van der Waals surface area contributed by atoms with Gasteiger partial charge in [0, 0.05) is 10.2 Å². The van der Waals surface area contributed by atoms with Gasteiger partial charge >= 0.3 is 0 Å². The molecule has 0 saturated heterocycles. The second-order valence-corrected chi connectivity index (χ2v) is 9.63. The lowest BCUT2D eigenvalue weighted by molar-refractivity contribution is -0.150. The first-order valence-electron chi connectivity index (χ1n) is 9.41. The van der Waals surface area contributed by atoms with Crippen molar-refractivity contribution < 1.29 is 4.79 Å². The number of carbonyl (C=O) groups excluding carboxylic acids is 1. The van der Waals surface area contributed by atoms with Gasteiger partial charge in [0.25, 0.3) is 0 Å². The third kappa shape index (κ3) is 2.45. The number of rotatable bonds is 3. The topological polar surface area (TPSA) is 59.8 Å². The van der Waals surface area contributed by atoms with Crippen LogP contribution in [-0.4, -0.2) is 20.7 Å². The molecule has 0 spiro atoms. The average molecular weight is 415 g/mol. The summed E-state index contributed by atoms with van der Waals surface area (Å²) in [5, 5.41) is 7.73. The zero-order valence-electron chi connectivity index (χ0n) is 14.9. The predicted molar refractivity (Wildman–Crippen MR) is 103 cm³/mol. The summed E-state index contributed by atoms with van der Waals surface area (Å²) in [6.45, 7) is 2.04. The van der Waals surface area contributed by atoms with Crippen molar-refractivity contribution >= 4 is 27.5 Å². The van der Waals surface area contributed by atoms with E-state index >= 15 is 0 Å². The van der Waals surface area contributed by atoms with Gasteiger partial charge in [-0.1, -0.05) is 15.9 Å². The van der Waals surface area contributed by atoms with Gasteiger partial charge in [0.1, 0.15) is 12.7 Å². The molecule has 5 nitrogen and oxygen atoms in total. The Morgan fingerprint density at radius 2 is 2.04 bits per heavy atom. The molecule has 6 rings (SSSR count). The Morgan fingerprint density at radius 1 is 1.27 bits per heavy atom. The fourth-order valence-electron chi connectivity index (χ4n) is 6.22. The quantitative estimate of drug-likeness (QED) is 0.814. The molecule has 1 amide bonds.